The smallest absolute Gasteiger partial charge is 0.321 e. The van der Waals surface area contributed by atoms with Crippen LogP contribution < -0.4 is 10.2 Å². The third kappa shape index (κ3) is 6.22. The Morgan fingerprint density at radius 1 is 1.06 bits per heavy atom. The number of hydrogen-bond donors (Lipinski definition) is 1. The lowest BCUT2D eigenvalue weighted by atomic mass is 9.97. The molecule has 1 N–H and O–H groups in total. The first kappa shape index (κ1) is 22.1. The van der Waals surface area contributed by atoms with E-state index in [9.17, 15) is 4.79 Å². The van der Waals surface area contributed by atoms with Crippen LogP contribution >= 0.6 is 11.6 Å². The molecule has 2 aliphatic heterocycles. The molecule has 0 spiro atoms. The van der Waals surface area contributed by atoms with Gasteiger partial charge in [-0.3, -0.25) is 4.90 Å². The molecule has 2 aliphatic rings. The average molecular weight is 441 g/mol. The van der Waals surface area contributed by atoms with Gasteiger partial charge in [-0.05, 0) is 74.2 Å². The van der Waals surface area contributed by atoms with Gasteiger partial charge in [-0.1, -0.05) is 35.9 Å². The first-order valence-corrected chi connectivity index (χ1v) is 11.7. The lowest BCUT2D eigenvalue weighted by Gasteiger charge is -2.34. The van der Waals surface area contributed by atoms with Crippen molar-refractivity contribution in [1.29, 1.82) is 0 Å². The highest BCUT2D eigenvalue weighted by atomic mass is 35.5. The Hall–Kier alpha value is -2.08. The van der Waals surface area contributed by atoms with Crippen molar-refractivity contribution in [2.24, 2.45) is 5.92 Å². The molecule has 0 bridgehead atoms. The summed E-state index contributed by atoms with van der Waals surface area (Å²) in [6.07, 6.45) is 3.68. The summed E-state index contributed by atoms with van der Waals surface area (Å²) in [4.78, 5) is 18.7. The van der Waals surface area contributed by atoms with E-state index in [2.05, 4.69) is 58.6 Å². The van der Waals surface area contributed by atoms with Crippen LogP contribution in [0.15, 0.2) is 48.5 Å². The van der Waals surface area contributed by atoms with Crippen molar-refractivity contribution < 1.29 is 4.79 Å². The number of amides is 2. The van der Waals surface area contributed by atoms with E-state index in [1.54, 1.807) is 4.90 Å². The summed E-state index contributed by atoms with van der Waals surface area (Å²) < 4.78 is 0. The Morgan fingerprint density at radius 2 is 1.81 bits per heavy atom. The number of carbonyl (C=O) groups is 1. The second-order valence-corrected chi connectivity index (χ2v) is 9.37. The topological polar surface area (TPSA) is 38.8 Å². The first-order chi connectivity index (χ1) is 15.1. The minimum atomic E-state index is 0.00258. The maximum Gasteiger partial charge on any atom is 0.321 e. The van der Waals surface area contributed by atoms with Crippen molar-refractivity contribution in [2.75, 3.05) is 51.2 Å². The minimum absolute atomic E-state index is 0.00258. The monoisotopic (exact) mass is 440 g/mol. The number of urea groups is 1. The zero-order valence-electron chi connectivity index (χ0n) is 18.4. The lowest BCUT2D eigenvalue weighted by molar-refractivity contribution is 0.142. The van der Waals surface area contributed by atoms with Gasteiger partial charge in [-0.2, -0.15) is 0 Å². The Morgan fingerprint density at radius 3 is 2.52 bits per heavy atom. The van der Waals surface area contributed by atoms with Gasteiger partial charge in [0.2, 0.25) is 0 Å². The van der Waals surface area contributed by atoms with Crippen LogP contribution in [-0.4, -0.2) is 62.1 Å². The summed E-state index contributed by atoms with van der Waals surface area (Å²) in [5.74, 6) is 0.719. The Kier molecular flexibility index (Phi) is 7.49. The quantitative estimate of drug-likeness (QED) is 0.666. The molecule has 0 aliphatic carbocycles. The number of anilines is 1. The molecule has 6 heteroatoms. The molecule has 1 atom stereocenters. The van der Waals surface area contributed by atoms with Gasteiger partial charge in [0.05, 0.1) is 0 Å². The predicted octanol–water partition coefficient (Wildman–Crippen LogP) is 4.26. The summed E-state index contributed by atoms with van der Waals surface area (Å²) >= 11 is 6.00. The summed E-state index contributed by atoms with van der Waals surface area (Å²) in [6.45, 7) is 7.03. The molecule has 2 heterocycles. The highest BCUT2D eigenvalue weighted by Gasteiger charge is 2.22. The molecule has 0 unspecified atom stereocenters. The maximum absolute atomic E-state index is 11.8. The number of likely N-dealkylation sites (tertiary alicyclic amines) is 1. The third-order valence-corrected chi connectivity index (χ3v) is 6.61. The number of nitrogens with one attached hydrogen (secondary N) is 1. The Bertz CT molecular complexity index is 855. The number of nitrogens with zero attached hydrogens (tertiary/aromatic N) is 3. The van der Waals surface area contributed by atoms with Gasteiger partial charge < -0.3 is 15.1 Å². The summed E-state index contributed by atoms with van der Waals surface area (Å²) in [7, 11) is 2.22. The second kappa shape index (κ2) is 10.5. The van der Waals surface area contributed by atoms with E-state index in [-0.39, 0.29) is 6.03 Å². The SMILES string of the molecule is CN(Cc1ccc(N2CCNC2=O)cc1)C[C@H]1CCCN(CCc2ccc(Cl)cc2)C1. The zero-order chi connectivity index (χ0) is 21.6. The molecule has 2 fully saturated rings. The van der Waals surface area contributed by atoms with E-state index in [0.29, 0.717) is 0 Å². The summed E-state index contributed by atoms with van der Waals surface area (Å²) in [5, 5.41) is 3.66. The van der Waals surface area contributed by atoms with Crippen LogP contribution in [0.3, 0.4) is 0 Å². The highest BCUT2D eigenvalue weighted by molar-refractivity contribution is 6.30. The molecule has 2 saturated heterocycles. The first-order valence-electron chi connectivity index (χ1n) is 11.4. The predicted molar refractivity (Wildman–Crippen MR) is 128 cm³/mol. The fourth-order valence-electron chi connectivity index (χ4n) is 4.76. The minimum Gasteiger partial charge on any atom is -0.336 e. The molecule has 2 amide bonds. The standard InChI is InChI=1S/C25H33ClN4O/c1-28(17-21-6-10-24(11-7-21)30-16-13-27-25(30)31)18-22-3-2-14-29(19-22)15-12-20-4-8-23(26)9-5-20/h4-11,22H,2-3,12-19H2,1H3,(H,27,31)/t22-/m1/s1. The van der Waals surface area contributed by atoms with Gasteiger partial charge in [0.15, 0.2) is 0 Å². The van der Waals surface area contributed by atoms with Gasteiger partial charge in [0.1, 0.15) is 0 Å². The lowest BCUT2D eigenvalue weighted by Crippen LogP contribution is -2.40. The molecule has 0 aromatic heterocycles. The molecule has 2 aromatic carbocycles. The molecular weight excluding hydrogens is 408 g/mol. The van der Waals surface area contributed by atoms with Crippen LogP contribution in [0.4, 0.5) is 10.5 Å². The summed E-state index contributed by atoms with van der Waals surface area (Å²) in [5.41, 5.74) is 3.63. The Balaban J connectivity index is 1.23. The van der Waals surface area contributed by atoms with Crippen LogP contribution in [-0.2, 0) is 13.0 Å². The molecule has 4 rings (SSSR count). The van der Waals surface area contributed by atoms with Crippen molar-refractivity contribution in [1.82, 2.24) is 15.1 Å². The fourth-order valence-corrected chi connectivity index (χ4v) is 4.88. The third-order valence-electron chi connectivity index (χ3n) is 6.36. The largest absolute Gasteiger partial charge is 0.336 e. The molecule has 31 heavy (non-hydrogen) atoms. The maximum atomic E-state index is 11.8. The van der Waals surface area contributed by atoms with Crippen LogP contribution in [0, 0.1) is 5.92 Å². The van der Waals surface area contributed by atoms with Gasteiger partial charge in [0.25, 0.3) is 0 Å². The molecule has 0 saturated carbocycles. The number of carbonyl (C=O) groups excluding carboxylic acids is 1. The van der Waals surface area contributed by atoms with Crippen molar-refractivity contribution >= 4 is 23.3 Å². The average Bonchev–Trinajstić information content (AvgIpc) is 3.20. The van der Waals surface area contributed by atoms with Gasteiger partial charge in [-0.15, -0.1) is 0 Å². The van der Waals surface area contributed by atoms with Crippen LogP contribution in [0.1, 0.15) is 24.0 Å². The van der Waals surface area contributed by atoms with E-state index >= 15 is 0 Å². The fraction of sp³-hybridized carbons (Fsp3) is 0.480. The summed E-state index contributed by atoms with van der Waals surface area (Å²) in [6, 6.07) is 16.7. The number of hydrogen-bond acceptors (Lipinski definition) is 3. The van der Waals surface area contributed by atoms with Crippen LogP contribution in [0.25, 0.3) is 0 Å². The van der Waals surface area contributed by atoms with Crippen molar-refractivity contribution in [2.45, 2.75) is 25.8 Å². The second-order valence-electron chi connectivity index (χ2n) is 8.93. The number of benzene rings is 2. The molecule has 0 radical (unpaired) electrons. The van der Waals surface area contributed by atoms with E-state index in [0.717, 1.165) is 55.8 Å². The van der Waals surface area contributed by atoms with Crippen molar-refractivity contribution in [3.8, 4) is 0 Å². The molecule has 5 nitrogen and oxygen atoms in total. The van der Waals surface area contributed by atoms with E-state index in [4.69, 9.17) is 11.6 Å². The van der Waals surface area contributed by atoms with Gasteiger partial charge in [0, 0.05) is 50.0 Å². The zero-order valence-corrected chi connectivity index (χ0v) is 19.2. The van der Waals surface area contributed by atoms with Gasteiger partial charge >= 0.3 is 6.03 Å². The van der Waals surface area contributed by atoms with E-state index in [1.807, 2.05) is 12.1 Å². The number of rotatable bonds is 8. The van der Waals surface area contributed by atoms with Crippen molar-refractivity contribution in [3.05, 3.63) is 64.7 Å². The normalized spacial score (nSPS) is 19.8. The van der Waals surface area contributed by atoms with Crippen LogP contribution in [0.5, 0.6) is 0 Å². The van der Waals surface area contributed by atoms with E-state index < -0.39 is 0 Å². The molecule has 2 aromatic rings. The van der Waals surface area contributed by atoms with E-state index in [1.165, 1.54) is 37.1 Å². The van der Waals surface area contributed by atoms with Crippen molar-refractivity contribution in [3.63, 3.8) is 0 Å². The number of piperidine rings is 1. The number of halogens is 1. The highest BCUT2D eigenvalue weighted by Crippen LogP contribution is 2.21. The molecule has 166 valence electrons. The van der Waals surface area contributed by atoms with Gasteiger partial charge in [-0.25, -0.2) is 4.79 Å². The van der Waals surface area contributed by atoms with Crippen LogP contribution in [0.2, 0.25) is 5.02 Å². The molecular formula is C25H33ClN4O. The Labute approximate surface area is 191 Å².